The minimum atomic E-state index is -1.24. The van der Waals surface area contributed by atoms with Crippen LogP contribution in [-0.2, 0) is 10.8 Å². The lowest BCUT2D eigenvalue weighted by Gasteiger charge is -2.02. The Bertz CT molecular complexity index is 676. The summed E-state index contributed by atoms with van der Waals surface area (Å²) in [5.74, 6) is 6.17. The first-order chi connectivity index (χ1) is 10.3. The molecule has 2 heteroatoms. The van der Waals surface area contributed by atoms with Gasteiger partial charge in [0.15, 0.2) is 0 Å². The molecule has 0 amide bonds. The molecule has 1 nitrogen and oxygen atoms in total. The molecule has 0 radical (unpaired) electrons. The standard InChI is InChI=1S/C19H18OS/c1-2-3-6-15-19(16-17-11-7-4-8-12-17)21(20)18-13-9-5-10-14-18/h4-5,7-14,16H,2-3H2,1H3/b19-16-. The first-order valence-corrected chi connectivity index (χ1v) is 8.18. The monoisotopic (exact) mass is 294 g/mol. The van der Waals surface area contributed by atoms with Gasteiger partial charge in [-0.2, -0.15) is 0 Å². The molecular formula is C19H18OS. The van der Waals surface area contributed by atoms with Gasteiger partial charge in [0.2, 0.25) is 0 Å². The topological polar surface area (TPSA) is 17.1 Å². The summed E-state index contributed by atoms with van der Waals surface area (Å²) in [7, 11) is -1.24. The predicted molar refractivity (Wildman–Crippen MR) is 90.0 cm³/mol. The molecule has 1 unspecified atom stereocenters. The van der Waals surface area contributed by atoms with Crippen molar-refractivity contribution in [3.8, 4) is 11.8 Å². The van der Waals surface area contributed by atoms with Gasteiger partial charge in [-0.25, -0.2) is 4.21 Å². The van der Waals surface area contributed by atoms with Crippen LogP contribution in [0.2, 0.25) is 0 Å². The first kappa shape index (κ1) is 15.3. The van der Waals surface area contributed by atoms with Crippen molar-refractivity contribution in [1.29, 1.82) is 0 Å². The average Bonchev–Trinajstić information content (AvgIpc) is 2.55. The lowest BCUT2D eigenvalue weighted by molar-refractivity contribution is 0.687. The molecule has 106 valence electrons. The smallest absolute Gasteiger partial charge is 0.0941 e. The van der Waals surface area contributed by atoms with E-state index >= 15 is 0 Å². The summed E-state index contributed by atoms with van der Waals surface area (Å²) < 4.78 is 12.7. The van der Waals surface area contributed by atoms with Crippen molar-refractivity contribution in [2.24, 2.45) is 0 Å². The van der Waals surface area contributed by atoms with E-state index in [0.29, 0.717) is 4.91 Å². The maximum atomic E-state index is 12.7. The van der Waals surface area contributed by atoms with Crippen LogP contribution in [0.5, 0.6) is 0 Å². The molecule has 2 rings (SSSR count). The normalized spacial score (nSPS) is 12.3. The third-order valence-electron chi connectivity index (χ3n) is 2.84. The van der Waals surface area contributed by atoms with Crippen LogP contribution in [0.1, 0.15) is 25.3 Å². The summed E-state index contributed by atoms with van der Waals surface area (Å²) in [5, 5.41) is 0. The second-order valence-corrected chi connectivity index (χ2v) is 6.00. The van der Waals surface area contributed by atoms with E-state index in [-0.39, 0.29) is 0 Å². The summed E-state index contributed by atoms with van der Waals surface area (Å²) in [4.78, 5) is 1.44. The maximum Gasteiger partial charge on any atom is 0.0941 e. The highest BCUT2D eigenvalue weighted by atomic mass is 32.2. The molecular weight excluding hydrogens is 276 g/mol. The van der Waals surface area contributed by atoms with Gasteiger partial charge in [0.1, 0.15) is 0 Å². The average molecular weight is 294 g/mol. The van der Waals surface area contributed by atoms with E-state index in [1.54, 1.807) is 0 Å². The van der Waals surface area contributed by atoms with Crippen molar-refractivity contribution in [3.05, 3.63) is 71.1 Å². The van der Waals surface area contributed by atoms with Crippen LogP contribution < -0.4 is 0 Å². The lowest BCUT2D eigenvalue weighted by Crippen LogP contribution is -1.94. The zero-order valence-electron chi connectivity index (χ0n) is 12.1. The Morgan fingerprint density at radius 2 is 1.67 bits per heavy atom. The van der Waals surface area contributed by atoms with Gasteiger partial charge in [-0.3, -0.25) is 0 Å². The van der Waals surface area contributed by atoms with Crippen LogP contribution in [0.4, 0.5) is 0 Å². The molecule has 0 fully saturated rings. The van der Waals surface area contributed by atoms with Crippen LogP contribution in [0.15, 0.2) is 70.5 Å². The van der Waals surface area contributed by atoms with Gasteiger partial charge in [-0.05, 0) is 30.2 Å². The van der Waals surface area contributed by atoms with Gasteiger partial charge in [0, 0.05) is 11.3 Å². The molecule has 0 aliphatic rings. The largest absolute Gasteiger partial charge is 0.248 e. The molecule has 21 heavy (non-hydrogen) atoms. The molecule has 0 aliphatic carbocycles. The van der Waals surface area contributed by atoms with Gasteiger partial charge < -0.3 is 0 Å². The minimum absolute atomic E-state index is 0.654. The van der Waals surface area contributed by atoms with Crippen molar-refractivity contribution in [3.63, 3.8) is 0 Å². The Kier molecular flexibility index (Phi) is 5.99. The van der Waals surface area contributed by atoms with Crippen LogP contribution in [0.25, 0.3) is 6.08 Å². The number of hydrogen-bond acceptors (Lipinski definition) is 1. The summed E-state index contributed by atoms with van der Waals surface area (Å²) >= 11 is 0. The zero-order chi connectivity index (χ0) is 14.9. The van der Waals surface area contributed by atoms with Crippen molar-refractivity contribution in [2.75, 3.05) is 0 Å². The molecule has 0 saturated carbocycles. The molecule has 2 aromatic rings. The van der Waals surface area contributed by atoms with Gasteiger partial charge in [0.25, 0.3) is 0 Å². The number of allylic oxidation sites excluding steroid dienone is 1. The van der Waals surface area contributed by atoms with Crippen LogP contribution in [-0.4, -0.2) is 4.21 Å². The quantitative estimate of drug-likeness (QED) is 0.751. The molecule has 0 bridgehead atoms. The molecule has 0 spiro atoms. The Hall–Kier alpha value is -2.11. The summed E-state index contributed by atoms with van der Waals surface area (Å²) in [6.45, 7) is 2.09. The third-order valence-corrected chi connectivity index (χ3v) is 4.16. The maximum absolute atomic E-state index is 12.7. The third kappa shape index (κ3) is 4.73. The molecule has 0 aromatic heterocycles. The minimum Gasteiger partial charge on any atom is -0.248 e. The van der Waals surface area contributed by atoms with Gasteiger partial charge in [-0.1, -0.05) is 67.3 Å². The SMILES string of the molecule is CCCC#C/C(=C/c1ccccc1)S(=O)c1ccccc1. The Morgan fingerprint density at radius 1 is 1.05 bits per heavy atom. The number of benzene rings is 2. The molecule has 0 saturated heterocycles. The fraction of sp³-hybridized carbons (Fsp3) is 0.158. The van der Waals surface area contributed by atoms with Crippen molar-refractivity contribution >= 4 is 16.9 Å². The zero-order valence-corrected chi connectivity index (χ0v) is 12.9. The van der Waals surface area contributed by atoms with E-state index in [1.165, 1.54) is 0 Å². The second kappa shape index (κ2) is 8.24. The molecule has 0 heterocycles. The number of rotatable bonds is 4. The van der Waals surface area contributed by atoms with E-state index < -0.39 is 10.8 Å². The molecule has 0 aliphatic heterocycles. The number of hydrogen-bond donors (Lipinski definition) is 0. The van der Waals surface area contributed by atoms with E-state index in [1.807, 2.05) is 66.7 Å². The van der Waals surface area contributed by atoms with Crippen molar-refractivity contribution < 1.29 is 4.21 Å². The van der Waals surface area contributed by atoms with E-state index in [0.717, 1.165) is 23.3 Å². The van der Waals surface area contributed by atoms with Crippen molar-refractivity contribution in [2.45, 2.75) is 24.7 Å². The van der Waals surface area contributed by atoms with Gasteiger partial charge in [0.05, 0.1) is 15.7 Å². The first-order valence-electron chi connectivity index (χ1n) is 7.03. The van der Waals surface area contributed by atoms with E-state index in [2.05, 4.69) is 18.8 Å². The van der Waals surface area contributed by atoms with Gasteiger partial charge in [-0.15, -0.1) is 0 Å². The Balaban J connectivity index is 2.35. The van der Waals surface area contributed by atoms with Crippen LogP contribution >= 0.6 is 0 Å². The highest BCUT2D eigenvalue weighted by Gasteiger charge is 2.08. The predicted octanol–water partition coefficient (Wildman–Crippen LogP) is 4.64. The Morgan fingerprint density at radius 3 is 2.29 bits per heavy atom. The summed E-state index contributed by atoms with van der Waals surface area (Å²) in [5.41, 5.74) is 1.02. The highest BCUT2D eigenvalue weighted by molar-refractivity contribution is 7.89. The lowest BCUT2D eigenvalue weighted by atomic mass is 10.2. The molecule has 2 aromatic carbocycles. The number of unbranched alkanes of at least 4 members (excludes halogenated alkanes) is 1. The second-order valence-electron chi connectivity index (χ2n) is 4.55. The van der Waals surface area contributed by atoms with Crippen LogP contribution in [0, 0.1) is 11.8 Å². The van der Waals surface area contributed by atoms with E-state index in [4.69, 9.17) is 0 Å². The fourth-order valence-corrected chi connectivity index (χ4v) is 2.85. The summed E-state index contributed by atoms with van der Waals surface area (Å²) in [6, 6.07) is 19.3. The van der Waals surface area contributed by atoms with Crippen LogP contribution in [0.3, 0.4) is 0 Å². The van der Waals surface area contributed by atoms with Gasteiger partial charge >= 0.3 is 0 Å². The Labute approximate surface area is 129 Å². The molecule has 1 atom stereocenters. The molecule has 0 N–H and O–H groups in total. The van der Waals surface area contributed by atoms with Crippen molar-refractivity contribution in [1.82, 2.24) is 0 Å². The van der Waals surface area contributed by atoms with E-state index in [9.17, 15) is 4.21 Å². The fourth-order valence-electron chi connectivity index (χ4n) is 1.78. The summed E-state index contributed by atoms with van der Waals surface area (Å²) in [6.07, 6.45) is 3.73. The highest BCUT2D eigenvalue weighted by Crippen LogP contribution is 2.17.